The third kappa shape index (κ3) is 3.23. The van der Waals surface area contributed by atoms with Crippen LogP contribution in [-0.2, 0) is 6.42 Å². The zero-order chi connectivity index (χ0) is 16.2. The smallest absolute Gasteiger partial charge is 0.339 e. The summed E-state index contributed by atoms with van der Waals surface area (Å²) < 4.78 is 0. The van der Waals surface area contributed by atoms with Crippen molar-refractivity contribution in [1.29, 1.82) is 0 Å². The molecule has 0 radical (unpaired) electrons. The monoisotopic (exact) mass is 307 g/mol. The number of nitrogens with one attached hydrogen (secondary N) is 1. The molecule has 0 bridgehead atoms. The fourth-order valence-corrected chi connectivity index (χ4v) is 2.49. The third-order valence-electron chi connectivity index (χ3n) is 3.70. The summed E-state index contributed by atoms with van der Waals surface area (Å²) in [4.78, 5) is 15.9. The van der Waals surface area contributed by atoms with Crippen molar-refractivity contribution in [3.63, 3.8) is 0 Å². The fraction of sp³-hybridized carbons (Fsp3) is 0.111. The fourth-order valence-electron chi connectivity index (χ4n) is 2.49. The van der Waals surface area contributed by atoms with Crippen LogP contribution in [0.25, 0.3) is 10.9 Å². The summed E-state index contributed by atoms with van der Waals surface area (Å²) in [5.74, 6) is -0.615. The minimum atomic E-state index is -0.995. The third-order valence-corrected chi connectivity index (χ3v) is 3.70. The number of benzene rings is 2. The molecule has 0 aliphatic carbocycles. The molecule has 1 aromatic heterocycles. The van der Waals surface area contributed by atoms with E-state index >= 15 is 0 Å². The number of aromatic nitrogens is 1. The van der Waals surface area contributed by atoms with Crippen molar-refractivity contribution in [3.05, 3.63) is 65.7 Å². The van der Waals surface area contributed by atoms with E-state index in [0.29, 0.717) is 18.8 Å². The molecule has 5 nitrogen and oxygen atoms in total. The number of aromatic carboxylic acids is 1. The quantitative estimate of drug-likeness (QED) is 0.630. The van der Waals surface area contributed by atoms with Crippen molar-refractivity contribution in [2.24, 2.45) is 0 Å². The van der Waals surface area contributed by atoms with Gasteiger partial charge in [0.25, 0.3) is 0 Å². The van der Waals surface area contributed by atoms with E-state index in [1.54, 1.807) is 6.07 Å². The van der Waals surface area contributed by atoms with Gasteiger partial charge in [0.1, 0.15) is 11.4 Å². The van der Waals surface area contributed by atoms with E-state index in [9.17, 15) is 9.90 Å². The van der Waals surface area contributed by atoms with Crippen molar-refractivity contribution in [2.75, 3.05) is 17.6 Å². The van der Waals surface area contributed by atoms with Gasteiger partial charge in [0, 0.05) is 17.6 Å². The molecule has 3 aromatic rings. The van der Waals surface area contributed by atoms with Crippen LogP contribution in [0.5, 0.6) is 0 Å². The number of carbonyl (C=O) groups is 1. The van der Waals surface area contributed by atoms with E-state index < -0.39 is 5.97 Å². The highest BCUT2D eigenvalue weighted by Gasteiger charge is 2.13. The number of anilines is 2. The molecule has 5 heteroatoms. The van der Waals surface area contributed by atoms with Gasteiger partial charge < -0.3 is 16.2 Å². The highest BCUT2D eigenvalue weighted by molar-refractivity contribution is 5.98. The molecule has 116 valence electrons. The average molecular weight is 307 g/mol. The Bertz CT molecular complexity index is 862. The number of nitrogens with zero attached hydrogens (tertiary/aromatic N) is 1. The standard InChI is InChI=1S/C18H17N3O2/c19-15-7-3-1-5-12(15)9-10-20-17-14(18(22)23)11-13-6-2-4-8-16(13)21-17/h1-8,11H,9-10,19H2,(H,20,21)(H,22,23). The normalized spacial score (nSPS) is 10.6. The summed E-state index contributed by atoms with van der Waals surface area (Å²) in [5.41, 5.74) is 8.61. The first-order chi connectivity index (χ1) is 11.1. The van der Waals surface area contributed by atoms with Crippen molar-refractivity contribution in [2.45, 2.75) is 6.42 Å². The molecule has 3 rings (SSSR count). The number of hydrogen-bond acceptors (Lipinski definition) is 4. The van der Waals surface area contributed by atoms with Crippen molar-refractivity contribution < 1.29 is 9.90 Å². The van der Waals surface area contributed by atoms with E-state index in [-0.39, 0.29) is 5.56 Å². The van der Waals surface area contributed by atoms with Crippen LogP contribution in [0.4, 0.5) is 11.5 Å². The van der Waals surface area contributed by atoms with Gasteiger partial charge in [0.15, 0.2) is 0 Å². The highest BCUT2D eigenvalue weighted by atomic mass is 16.4. The van der Waals surface area contributed by atoms with Gasteiger partial charge >= 0.3 is 5.97 Å². The molecule has 0 unspecified atom stereocenters. The number of fused-ring (bicyclic) bond motifs is 1. The van der Waals surface area contributed by atoms with Gasteiger partial charge in [-0.3, -0.25) is 0 Å². The molecule has 0 fully saturated rings. The van der Waals surface area contributed by atoms with Gasteiger partial charge in [0.2, 0.25) is 0 Å². The van der Waals surface area contributed by atoms with E-state index in [0.717, 1.165) is 22.2 Å². The van der Waals surface area contributed by atoms with Gasteiger partial charge in [-0.05, 0) is 30.2 Å². The molecular weight excluding hydrogens is 290 g/mol. The lowest BCUT2D eigenvalue weighted by molar-refractivity contribution is 0.0698. The summed E-state index contributed by atoms with van der Waals surface area (Å²) in [6, 6.07) is 16.7. The second kappa shape index (κ2) is 6.36. The number of para-hydroxylation sites is 2. The number of nitrogen functional groups attached to an aromatic ring is 1. The molecule has 0 atom stereocenters. The van der Waals surface area contributed by atoms with Gasteiger partial charge in [-0.2, -0.15) is 0 Å². The SMILES string of the molecule is Nc1ccccc1CCNc1nc2ccccc2cc1C(=O)O. The van der Waals surface area contributed by atoms with Crippen LogP contribution in [0.2, 0.25) is 0 Å². The lowest BCUT2D eigenvalue weighted by Crippen LogP contribution is -2.12. The van der Waals surface area contributed by atoms with E-state index in [2.05, 4.69) is 10.3 Å². The maximum absolute atomic E-state index is 11.5. The summed E-state index contributed by atoms with van der Waals surface area (Å²) in [7, 11) is 0. The van der Waals surface area contributed by atoms with E-state index in [1.165, 1.54) is 0 Å². The first-order valence-corrected chi connectivity index (χ1v) is 7.35. The minimum absolute atomic E-state index is 0.171. The molecular formula is C18H17N3O2. The largest absolute Gasteiger partial charge is 0.478 e. The van der Waals surface area contributed by atoms with Crippen LogP contribution in [0.3, 0.4) is 0 Å². The molecule has 0 saturated carbocycles. The maximum atomic E-state index is 11.5. The molecule has 2 aromatic carbocycles. The molecule has 23 heavy (non-hydrogen) atoms. The van der Waals surface area contributed by atoms with Gasteiger partial charge in [-0.25, -0.2) is 9.78 Å². The zero-order valence-electron chi connectivity index (χ0n) is 12.5. The molecule has 4 N–H and O–H groups in total. The second-order valence-electron chi connectivity index (χ2n) is 5.26. The van der Waals surface area contributed by atoms with Crippen LogP contribution in [0.15, 0.2) is 54.6 Å². The molecule has 0 aliphatic rings. The van der Waals surface area contributed by atoms with Crippen LogP contribution in [-0.4, -0.2) is 22.6 Å². The average Bonchev–Trinajstić information content (AvgIpc) is 2.56. The summed E-state index contributed by atoms with van der Waals surface area (Å²) in [6.45, 7) is 0.555. The van der Waals surface area contributed by atoms with Crippen molar-refractivity contribution in [3.8, 4) is 0 Å². The number of pyridine rings is 1. The van der Waals surface area contributed by atoms with Crippen LogP contribution in [0, 0.1) is 0 Å². The number of hydrogen-bond donors (Lipinski definition) is 3. The lowest BCUT2D eigenvalue weighted by Gasteiger charge is -2.11. The van der Waals surface area contributed by atoms with E-state index in [4.69, 9.17) is 5.73 Å². The Morgan fingerprint density at radius 1 is 1.13 bits per heavy atom. The van der Waals surface area contributed by atoms with Crippen molar-refractivity contribution in [1.82, 2.24) is 4.98 Å². The Morgan fingerprint density at radius 2 is 1.87 bits per heavy atom. The van der Waals surface area contributed by atoms with Crippen LogP contribution >= 0.6 is 0 Å². The van der Waals surface area contributed by atoms with Gasteiger partial charge in [-0.15, -0.1) is 0 Å². The Balaban J connectivity index is 1.82. The zero-order valence-corrected chi connectivity index (χ0v) is 12.5. The summed E-state index contributed by atoms with van der Waals surface area (Å²) in [5, 5.41) is 13.3. The van der Waals surface area contributed by atoms with Crippen LogP contribution < -0.4 is 11.1 Å². The van der Waals surface area contributed by atoms with Gasteiger partial charge in [0.05, 0.1) is 5.52 Å². The van der Waals surface area contributed by atoms with Crippen molar-refractivity contribution >= 4 is 28.4 Å². The minimum Gasteiger partial charge on any atom is -0.478 e. The Labute approximate surface area is 133 Å². The lowest BCUT2D eigenvalue weighted by atomic mass is 10.1. The predicted octanol–water partition coefficient (Wildman–Crippen LogP) is 3.17. The van der Waals surface area contributed by atoms with E-state index in [1.807, 2.05) is 48.5 Å². The number of carboxylic acids is 1. The number of nitrogens with two attached hydrogens (primary N) is 1. The molecule has 0 aliphatic heterocycles. The second-order valence-corrected chi connectivity index (χ2v) is 5.26. The summed E-state index contributed by atoms with van der Waals surface area (Å²) >= 11 is 0. The predicted molar refractivity (Wildman–Crippen MR) is 91.8 cm³/mol. The first kappa shape index (κ1) is 14.8. The molecule has 0 spiro atoms. The Kier molecular flexibility index (Phi) is 4.10. The highest BCUT2D eigenvalue weighted by Crippen LogP contribution is 2.21. The topological polar surface area (TPSA) is 88.2 Å². The number of rotatable bonds is 5. The Morgan fingerprint density at radius 3 is 2.65 bits per heavy atom. The van der Waals surface area contributed by atoms with Gasteiger partial charge in [-0.1, -0.05) is 36.4 Å². The Hall–Kier alpha value is -3.08. The molecule has 1 heterocycles. The summed E-state index contributed by atoms with van der Waals surface area (Å²) in [6.07, 6.45) is 0.695. The van der Waals surface area contributed by atoms with Crippen LogP contribution in [0.1, 0.15) is 15.9 Å². The maximum Gasteiger partial charge on any atom is 0.339 e. The molecule has 0 amide bonds. The first-order valence-electron chi connectivity index (χ1n) is 7.35. The number of carboxylic acid groups (broad SMARTS) is 1. The molecule has 0 saturated heterocycles.